The molecule has 8 nitrogen and oxygen atoms in total. The molecule has 620 valence electrons. The molecular formula is C90H174O8S5Sn2. The van der Waals surface area contributed by atoms with Crippen LogP contribution in [0, 0.1) is 0 Å². The van der Waals surface area contributed by atoms with Gasteiger partial charge in [0, 0.05) is 25.7 Å². The van der Waals surface area contributed by atoms with Gasteiger partial charge in [0.1, 0.15) is 0 Å². The van der Waals surface area contributed by atoms with Crippen LogP contribution in [0.2, 0.25) is 0 Å². The van der Waals surface area contributed by atoms with Crippen molar-refractivity contribution in [3.05, 3.63) is 48.6 Å². The molecular weight excluding hydrogens is 1610 g/mol. The summed E-state index contributed by atoms with van der Waals surface area (Å²) in [6.07, 6.45) is 99.1. The molecule has 105 heavy (non-hydrogen) atoms. The van der Waals surface area contributed by atoms with Crippen LogP contribution in [-0.2, 0) is 88.6 Å². The van der Waals surface area contributed by atoms with Crippen LogP contribution in [0.25, 0.3) is 0 Å². The van der Waals surface area contributed by atoms with Crippen molar-refractivity contribution in [3.8, 4) is 0 Å². The molecule has 0 rings (SSSR count). The Morgan fingerprint density at radius 3 is 0.448 bits per heavy atom. The molecule has 0 fully saturated rings. The first-order valence-electron chi connectivity index (χ1n) is 42.8. The fourth-order valence-corrected chi connectivity index (χ4v) is 12.0. The number of ether oxygens (including phenoxy) is 4. The molecule has 0 aromatic carbocycles. The van der Waals surface area contributed by atoms with Crippen molar-refractivity contribution in [3.63, 3.8) is 0 Å². The van der Waals surface area contributed by atoms with Gasteiger partial charge in [-0.3, -0.25) is 19.2 Å². The summed E-state index contributed by atoms with van der Waals surface area (Å²) in [5, 5.41) is 0. The Morgan fingerprint density at radius 1 is 0.210 bits per heavy atom. The van der Waals surface area contributed by atoms with Crippen LogP contribution < -0.4 is 0 Å². The standard InChI is InChI=1S/4C22H42O2S.2CH4.H2S.2Sn/c4*1-2-3-4-5-6-7-8-9-10-11-12-13-14-15-16-17-18-19-22(23)24-20-21-25;;;;;/h4*13-14,25H,2-12,15-21H2,1H3;2*1H4;1H2;;/q;;;;;;;2*+2/p-4/b4*14-13+;;;;;. The Morgan fingerprint density at radius 2 is 0.324 bits per heavy atom. The Hall–Kier alpha value is 0.187. The fourth-order valence-electron chi connectivity index (χ4n) is 11.7. The zero-order chi connectivity index (χ0) is 73.7. The van der Waals surface area contributed by atoms with Crippen LogP contribution in [-0.4, -0.2) is 121 Å². The first-order valence-corrected chi connectivity index (χ1v) is 45.1. The summed E-state index contributed by atoms with van der Waals surface area (Å²) >= 11 is 19.0. The number of hydrogen-bond donors (Lipinski definition) is 0. The summed E-state index contributed by atoms with van der Waals surface area (Å²) in [5.74, 6) is 1.60. The molecule has 0 saturated heterocycles. The van der Waals surface area contributed by atoms with E-state index in [1.54, 1.807) is 0 Å². The minimum atomic E-state index is -0.0960. The second-order valence-electron chi connectivity index (χ2n) is 27.9. The second-order valence-corrected chi connectivity index (χ2v) is 29.5. The molecule has 0 amide bonds. The van der Waals surface area contributed by atoms with Gasteiger partial charge in [-0.25, -0.2) is 0 Å². The zero-order valence-electron chi connectivity index (χ0n) is 67.9. The number of hydrogen-bond acceptors (Lipinski definition) is 12. The number of carbonyl (C=O) groups excluding carboxylic acids is 4. The molecule has 0 heterocycles. The van der Waals surface area contributed by atoms with Crippen molar-refractivity contribution in [2.24, 2.45) is 0 Å². The molecule has 0 aromatic rings. The molecule has 0 saturated carbocycles. The van der Waals surface area contributed by atoms with E-state index in [0.717, 1.165) is 77.0 Å². The smallest absolute Gasteiger partial charge is 0.789 e. The predicted molar refractivity (Wildman–Crippen MR) is 483 cm³/mol. The first kappa shape index (κ1) is 123. The van der Waals surface area contributed by atoms with Gasteiger partial charge in [-0.05, 0) is 128 Å². The van der Waals surface area contributed by atoms with Crippen molar-refractivity contribution in [2.75, 3.05) is 49.4 Å². The molecule has 15 heteroatoms. The average molecular weight is 1780 g/mol. The third-order valence-corrected chi connectivity index (χ3v) is 18.6. The largest absolute Gasteiger partial charge is 2.00 e. The van der Waals surface area contributed by atoms with Crippen LogP contribution >= 0.6 is 13.5 Å². The van der Waals surface area contributed by atoms with E-state index in [1.807, 2.05) is 0 Å². The maximum Gasteiger partial charge on any atom is 2.00 e. The maximum absolute atomic E-state index is 11.3. The van der Waals surface area contributed by atoms with Crippen LogP contribution in [0.5, 0.6) is 0 Å². The van der Waals surface area contributed by atoms with Crippen LogP contribution in [0.15, 0.2) is 48.6 Å². The van der Waals surface area contributed by atoms with Gasteiger partial charge in [0.2, 0.25) is 0 Å². The Balaban J connectivity index is -0.000000165. The van der Waals surface area contributed by atoms with E-state index in [-0.39, 0.29) is 100 Å². The third-order valence-electron chi connectivity index (χ3n) is 18.0. The maximum atomic E-state index is 11.3. The predicted octanol–water partition coefficient (Wildman–Crippen LogP) is 28.2. The average Bonchev–Trinajstić information content (AvgIpc) is 3.63. The van der Waals surface area contributed by atoms with E-state index in [9.17, 15) is 19.2 Å². The van der Waals surface area contributed by atoms with Crippen molar-refractivity contribution in [1.29, 1.82) is 0 Å². The summed E-state index contributed by atoms with van der Waals surface area (Å²) in [7, 11) is 0. The third kappa shape index (κ3) is 128. The summed E-state index contributed by atoms with van der Waals surface area (Å²) in [6, 6.07) is 0. The van der Waals surface area contributed by atoms with Crippen molar-refractivity contribution < 1.29 is 38.1 Å². The van der Waals surface area contributed by atoms with E-state index in [4.69, 9.17) is 69.5 Å². The molecule has 0 aliphatic heterocycles. The summed E-state index contributed by atoms with van der Waals surface area (Å²) in [6.45, 7) is 10.6. The number of allylic oxidation sites excluding steroid dienone is 8. The molecule has 0 atom stereocenters. The van der Waals surface area contributed by atoms with Gasteiger partial charge in [-0.2, -0.15) is 13.5 Å². The van der Waals surface area contributed by atoms with Gasteiger partial charge >= 0.3 is 71.7 Å². The second kappa shape index (κ2) is 120. The van der Waals surface area contributed by atoms with Crippen LogP contribution in [0.3, 0.4) is 0 Å². The van der Waals surface area contributed by atoms with Crippen molar-refractivity contribution in [2.45, 2.75) is 453 Å². The van der Waals surface area contributed by atoms with E-state index >= 15 is 0 Å². The Kier molecular flexibility index (Phi) is 141. The van der Waals surface area contributed by atoms with Gasteiger partial charge in [0.25, 0.3) is 0 Å². The van der Waals surface area contributed by atoms with Crippen molar-refractivity contribution in [1.82, 2.24) is 0 Å². The van der Waals surface area contributed by atoms with E-state index in [2.05, 4.69) is 76.3 Å². The molecule has 0 aliphatic rings. The molecule has 4 radical (unpaired) electrons. The summed E-state index contributed by atoms with van der Waals surface area (Å²) in [4.78, 5) is 45.1. The van der Waals surface area contributed by atoms with E-state index in [0.29, 0.717) is 75.1 Å². The van der Waals surface area contributed by atoms with Gasteiger partial charge in [-0.15, -0.1) is 23.0 Å². The van der Waals surface area contributed by atoms with Gasteiger partial charge < -0.3 is 69.5 Å². The quantitative estimate of drug-likeness (QED) is 0.0145. The number of unbranched alkanes of at least 4 members (excludes halogenated alkanes) is 52. The van der Waals surface area contributed by atoms with Gasteiger partial charge in [0.15, 0.2) is 0 Å². The minimum absolute atomic E-state index is 0. The molecule has 0 spiro atoms. The summed E-state index contributed by atoms with van der Waals surface area (Å²) < 4.78 is 19.9. The molecule has 0 aromatic heterocycles. The van der Waals surface area contributed by atoms with E-state index < -0.39 is 0 Å². The Bertz CT molecular complexity index is 1470. The number of esters is 4. The molecule has 0 aliphatic carbocycles. The monoisotopic (exact) mass is 1780 g/mol. The van der Waals surface area contributed by atoms with E-state index in [1.165, 1.54) is 308 Å². The SMILES string of the molecule is C.C.CCCCCCCCCCCC/C=C/CCCCCC(=O)OCC[S-].CCCCCCCCCCCC/C=C/CCCCCC(=O)OCC[S-].CCCCCCCCCCCC/C=C/CCCCCC(=O)OCC[S-].CCCCCCCCCCCC/C=C/CCCCCC(=O)OCC[S-].S.[Sn+2].[Sn+2]. The van der Waals surface area contributed by atoms with Gasteiger partial charge in [0.05, 0.1) is 26.4 Å². The number of rotatable bonds is 76. The molecule has 0 N–H and O–H groups in total. The number of carbonyl (C=O) groups is 4. The van der Waals surface area contributed by atoms with Crippen molar-refractivity contribution >= 4 is 136 Å². The fraction of sp³-hybridized carbons (Fsp3) is 0.867. The van der Waals surface area contributed by atoms with Crippen LogP contribution in [0.4, 0.5) is 0 Å². The minimum Gasteiger partial charge on any atom is -0.789 e. The topological polar surface area (TPSA) is 105 Å². The summed E-state index contributed by atoms with van der Waals surface area (Å²) in [5.41, 5.74) is 0. The van der Waals surface area contributed by atoms with Gasteiger partial charge in [-0.1, -0.05) is 348 Å². The molecule has 0 unspecified atom stereocenters. The first-order chi connectivity index (χ1) is 49.2. The Labute approximate surface area is 719 Å². The van der Waals surface area contributed by atoms with Crippen LogP contribution in [0.1, 0.15) is 453 Å². The molecule has 0 bridgehead atoms. The zero-order valence-corrected chi connectivity index (χ0v) is 77.9. The normalized spacial score (nSPS) is 10.7.